The lowest BCUT2D eigenvalue weighted by Gasteiger charge is -2.11. The quantitative estimate of drug-likeness (QED) is 0.752. The van der Waals surface area contributed by atoms with Crippen LogP contribution in [0.2, 0.25) is 0 Å². The Morgan fingerprint density at radius 1 is 1.58 bits per heavy atom. The summed E-state index contributed by atoms with van der Waals surface area (Å²) in [7, 11) is 1.87. The molecule has 2 unspecified atom stereocenters. The van der Waals surface area contributed by atoms with Gasteiger partial charge in [0.15, 0.2) is 5.13 Å². The Balaban J connectivity index is 2.74. The number of nitrogens with two attached hydrogens (primary N) is 1. The molecule has 0 radical (unpaired) electrons. The fourth-order valence-corrected chi connectivity index (χ4v) is 1.66. The molecule has 1 rings (SSSR count). The summed E-state index contributed by atoms with van der Waals surface area (Å²) in [6.45, 7) is 4.10. The van der Waals surface area contributed by atoms with Crippen LogP contribution in [0.5, 0.6) is 0 Å². The van der Waals surface area contributed by atoms with Gasteiger partial charge in [-0.3, -0.25) is 0 Å². The lowest BCUT2D eigenvalue weighted by molar-refractivity contribution is 0.602. The SMILES string of the molecule is CNc1nc(C(C)C(C)N)cs1. The molecule has 1 heterocycles. The molecule has 0 aliphatic rings. The summed E-state index contributed by atoms with van der Waals surface area (Å²) < 4.78 is 0. The Bertz CT molecular complexity index is 244. The lowest BCUT2D eigenvalue weighted by atomic mass is 10.0. The minimum absolute atomic E-state index is 0.164. The Labute approximate surface area is 77.0 Å². The molecule has 4 heteroatoms. The van der Waals surface area contributed by atoms with Crippen LogP contribution >= 0.6 is 11.3 Å². The van der Waals surface area contributed by atoms with E-state index in [2.05, 4.69) is 22.6 Å². The number of nitrogens with one attached hydrogen (secondary N) is 1. The van der Waals surface area contributed by atoms with Crippen LogP contribution in [0, 0.1) is 0 Å². The van der Waals surface area contributed by atoms with Gasteiger partial charge in [0.1, 0.15) is 0 Å². The van der Waals surface area contributed by atoms with Crippen LogP contribution in [0.25, 0.3) is 0 Å². The molecule has 3 N–H and O–H groups in total. The number of aromatic nitrogens is 1. The molecule has 0 saturated heterocycles. The number of thiazole rings is 1. The van der Waals surface area contributed by atoms with Crippen molar-refractivity contribution >= 4 is 16.5 Å². The molecule has 2 atom stereocenters. The van der Waals surface area contributed by atoms with Crippen LogP contribution in [-0.2, 0) is 0 Å². The van der Waals surface area contributed by atoms with E-state index in [0.29, 0.717) is 5.92 Å². The third kappa shape index (κ3) is 1.95. The van der Waals surface area contributed by atoms with Crippen LogP contribution in [0.4, 0.5) is 5.13 Å². The summed E-state index contributed by atoms with van der Waals surface area (Å²) in [5.74, 6) is 0.336. The maximum Gasteiger partial charge on any atom is 0.182 e. The van der Waals surface area contributed by atoms with E-state index < -0.39 is 0 Å². The van der Waals surface area contributed by atoms with Crippen molar-refractivity contribution in [2.24, 2.45) is 5.73 Å². The van der Waals surface area contributed by atoms with Crippen molar-refractivity contribution in [1.29, 1.82) is 0 Å². The predicted octanol–water partition coefficient (Wildman–Crippen LogP) is 1.64. The van der Waals surface area contributed by atoms with Crippen molar-refractivity contribution in [2.45, 2.75) is 25.8 Å². The average molecular weight is 185 g/mol. The van der Waals surface area contributed by atoms with E-state index >= 15 is 0 Å². The molecule has 0 aliphatic heterocycles. The van der Waals surface area contributed by atoms with Gasteiger partial charge in [-0.05, 0) is 6.92 Å². The van der Waals surface area contributed by atoms with E-state index in [1.54, 1.807) is 11.3 Å². The highest BCUT2D eigenvalue weighted by Gasteiger charge is 2.13. The standard InChI is InChI=1S/C8H15N3S/c1-5(6(2)9)7-4-12-8(10-3)11-7/h4-6H,9H2,1-3H3,(H,10,11). The van der Waals surface area contributed by atoms with E-state index in [4.69, 9.17) is 5.73 Å². The molecule has 0 spiro atoms. The molecule has 12 heavy (non-hydrogen) atoms. The molecule has 3 nitrogen and oxygen atoms in total. The minimum Gasteiger partial charge on any atom is -0.365 e. The first-order valence-corrected chi connectivity index (χ1v) is 4.92. The third-order valence-corrected chi connectivity index (χ3v) is 2.87. The van der Waals surface area contributed by atoms with Crippen LogP contribution in [0.15, 0.2) is 5.38 Å². The van der Waals surface area contributed by atoms with Gasteiger partial charge in [0.2, 0.25) is 0 Å². The molecule has 0 amide bonds. The van der Waals surface area contributed by atoms with Gasteiger partial charge in [0.25, 0.3) is 0 Å². The number of hydrogen-bond acceptors (Lipinski definition) is 4. The molecule has 0 aliphatic carbocycles. The van der Waals surface area contributed by atoms with Gasteiger partial charge in [-0.1, -0.05) is 6.92 Å². The fourth-order valence-electron chi connectivity index (χ4n) is 0.879. The maximum absolute atomic E-state index is 5.76. The average Bonchev–Trinajstić information content (AvgIpc) is 2.50. The predicted molar refractivity (Wildman–Crippen MR) is 53.7 cm³/mol. The largest absolute Gasteiger partial charge is 0.365 e. The van der Waals surface area contributed by atoms with Crippen LogP contribution in [-0.4, -0.2) is 18.1 Å². The highest BCUT2D eigenvalue weighted by atomic mass is 32.1. The van der Waals surface area contributed by atoms with Gasteiger partial charge < -0.3 is 11.1 Å². The molecular formula is C8H15N3S. The van der Waals surface area contributed by atoms with E-state index in [9.17, 15) is 0 Å². The van der Waals surface area contributed by atoms with E-state index in [1.165, 1.54) is 0 Å². The maximum atomic E-state index is 5.76. The van der Waals surface area contributed by atoms with Crippen LogP contribution < -0.4 is 11.1 Å². The number of nitrogens with zero attached hydrogens (tertiary/aromatic N) is 1. The summed E-state index contributed by atoms with van der Waals surface area (Å²) in [5, 5.41) is 6.02. The molecule has 68 valence electrons. The summed E-state index contributed by atoms with van der Waals surface area (Å²) in [5.41, 5.74) is 6.85. The minimum atomic E-state index is 0.164. The monoisotopic (exact) mass is 185 g/mol. The van der Waals surface area contributed by atoms with Crippen molar-refractivity contribution in [1.82, 2.24) is 4.98 Å². The lowest BCUT2D eigenvalue weighted by Crippen LogP contribution is -2.22. The second-order valence-electron chi connectivity index (χ2n) is 2.98. The van der Waals surface area contributed by atoms with Crippen molar-refractivity contribution < 1.29 is 0 Å². The number of anilines is 1. The molecule has 0 bridgehead atoms. The van der Waals surface area contributed by atoms with E-state index in [0.717, 1.165) is 10.8 Å². The molecule has 0 aromatic carbocycles. The van der Waals surface area contributed by atoms with Gasteiger partial charge in [0.05, 0.1) is 5.69 Å². The fraction of sp³-hybridized carbons (Fsp3) is 0.625. The van der Waals surface area contributed by atoms with Gasteiger partial charge in [-0.2, -0.15) is 0 Å². The normalized spacial score (nSPS) is 15.7. The van der Waals surface area contributed by atoms with E-state index in [1.807, 2.05) is 14.0 Å². The second kappa shape index (κ2) is 3.87. The Kier molecular flexibility index (Phi) is 3.05. The zero-order chi connectivity index (χ0) is 9.14. The highest BCUT2D eigenvalue weighted by molar-refractivity contribution is 7.13. The van der Waals surface area contributed by atoms with Crippen LogP contribution in [0.1, 0.15) is 25.5 Å². The van der Waals surface area contributed by atoms with Crippen molar-refractivity contribution in [3.63, 3.8) is 0 Å². The van der Waals surface area contributed by atoms with Gasteiger partial charge in [-0.25, -0.2) is 4.98 Å². The van der Waals surface area contributed by atoms with Crippen LogP contribution in [0.3, 0.4) is 0 Å². The molecule has 1 aromatic rings. The number of hydrogen-bond donors (Lipinski definition) is 2. The molecule has 0 fully saturated rings. The topological polar surface area (TPSA) is 50.9 Å². The molecule has 0 saturated carbocycles. The first kappa shape index (κ1) is 9.48. The summed E-state index contributed by atoms with van der Waals surface area (Å²) in [4.78, 5) is 4.38. The van der Waals surface area contributed by atoms with Crippen molar-refractivity contribution in [3.8, 4) is 0 Å². The summed E-state index contributed by atoms with van der Waals surface area (Å²) >= 11 is 1.62. The summed E-state index contributed by atoms with van der Waals surface area (Å²) in [6, 6.07) is 0.164. The second-order valence-corrected chi connectivity index (χ2v) is 3.83. The number of rotatable bonds is 3. The molecular weight excluding hydrogens is 170 g/mol. The van der Waals surface area contributed by atoms with Gasteiger partial charge in [0, 0.05) is 24.4 Å². The van der Waals surface area contributed by atoms with Crippen molar-refractivity contribution in [3.05, 3.63) is 11.1 Å². The van der Waals surface area contributed by atoms with Gasteiger partial charge >= 0.3 is 0 Å². The smallest absolute Gasteiger partial charge is 0.182 e. The molecule has 1 aromatic heterocycles. The Hall–Kier alpha value is -0.610. The Morgan fingerprint density at radius 3 is 2.67 bits per heavy atom. The van der Waals surface area contributed by atoms with E-state index in [-0.39, 0.29) is 6.04 Å². The third-order valence-electron chi connectivity index (χ3n) is 1.99. The summed E-state index contributed by atoms with van der Waals surface area (Å²) in [6.07, 6.45) is 0. The van der Waals surface area contributed by atoms with Gasteiger partial charge in [-0.15, -0.1) is 11.3 Å². The zero-order valence-corrected chi connectivity index (χ0v) is 8.48. The Morgan fingerprint density at radius 2 is 2.25 bits per heavy atom. The first-order chi connectivity index (χ1) is 5.65. The zero-order valence-electron chi connectivity index (χ0n) is 7.66. The highest BCUT2D eigenvalue weighted by Crippen LogP contribution is 2.22. The van der Waals surface area contributed by atoms with Crippen molar-refractivity contribution in [2.75, 3.05) is 12.4 Å². The first-order valence-electron chi connectivity index (χ1n) is 4.04.